The number of hydrogen-bond acceptors (Lipinski definition) is 6. The summed E-state index contributed by atoms with van der Waals surface area (Å²) in [4.78, 5) is 22.6. The Morgan fingerprint density at radius 1 is 0.627 bits per heavy atom. The SMILES string of the molecule is CCCCCC/C=C\CCCCCCCC(=O)NC(COP(=O)(O)OCCN)C(O)/C=C/CC/C=C/CCCCCCCCCCCCCCC. The van der Waals surface area contributed by atoms with Crippen LogP contribution < -0.4 is 11.1 Å². The third kappa shape index (κ3) is 36.9. The van der Waals surface area contributed by atoms with Gasteiger partial charge in [0.1, 0.15) is 0 Å². The Bertz CT molecular complexity index is 897. The molecule has 51 heavy (non-hydrogen) atoms. The highest BCUT2D eigenvalue weighted by Gasteiger charge is 2.26. The quantitative estimate of drug-likeness (QED) is 0.0280. The normalized spacial score (nSPS) is 14.5. The number of aliphatic hydroxyl groups is 1. The number of aliphatic hydroxyl groups excluding tert-OH is 1. The number of phosphoric acid groups is 1. The molecule has 1 amide bonds. The number of nitrogens with one attached hydrogen (secondary N) is 1. The van der Waals surface area contributed by atoms with Gasteiger partial charge in [-0.05, 0) is 57.8 Å². The maximum absolute atomic E-state index is 12.7. The van der Waals surface area contributed by atoms with E-state index < -0.39 is 20.0 Å². The monoisotopic (exact) mass is 741 g/mol. The van der Waals surface area contributed by atoms with Crippen LogP contribution in [0, 0.1) is 0 Å². The van der Waals surface area contributed by atoms with Crippen LogP contribution in [-0.2, 0) is 18.4 Å². The summed E-state index contributed by atoms with van der Waals surface area (Å²) in [6, 6.07) is -0.879. The highest BCUT2D eigenvalue weighted by atomic mass is 31.2. The fourth-order valence-corrected chi connectivity index (χ4v) is 6.72. The van der Waals surface area contributed by atoms with Gasteiger partial charge in [-0.3, -0.25) is 13.8 Å². The summed E-state index contributed by atoms with van der Waals surface area (Å²) in [6.07, 6.45) is 44.8. The molecular weight excluding hydrogens is 659 g/mol. The van der Waals surface area contributed by atoms with E-state index in [1.807, 2.05) is 6.08 Å². The number of phosphoric ester groups is 1. The lowest BCUT2D eigenvalue weighted by Crippen LogP contribution is -2.45. The molecule has 9 heteroatoms. The first kappa shape index (κ1) is 49.7. The molecule has 0 aliphatic carbocycles. The summed E-state index contributed by atoms with van der Waals surface area (Å²) in [5, 5.41) is 13.6. The standard InChI is InChI=1S/C42H81N2O6P/c1-3-5-7-9-11-13-15-17-18-19-20-21-22-24-25-27-29-31-33-35-41(45)40(39-50-51(47,48)49-38-37-43)44-42(46)36-34-32-30-28-26-23-16-14-12-10-8-6-4-2/h14,16,25,27,33,35,40-41,45H,3-13,15,17-24,26,28-32,34,36-39,43H2,1-2H3,(H,44,46)(H,47,48)/b16-14-,27-25+,35-33+. The molecule has 0 saturated heterocycles. The minimum Gasteiger partial charge on any atom is -0.387 e. The minimum absolute atomic E-state index is 0.0725. The number of amides is 1. The number of carbonyl (C=O) groups is 1. The Kier molecular flexibility index (Phi) is 37.5. The van der Waals surface area contributed by atoms with Crippen LogP contribution in [0.3, 0.4) is 0 Å². The molecular formula is C42H81N2O6P. The number of nitrogens with two attached hydrogens (primary N) is 1. The molecule has 0 aliphatic heterocycles. The van der Waals surface area contributed by atoms with E-state index in [4.69, 9.17) is 14.8 Å². The number of carbonyl (C=O) groups excluding carboxylic acids is 1. The lowest BCUT2D eigenvalue weighted by molar-refractivity contribution is -0.123. The summed E-state index contributed by atoms with van der Waals surface area (Å²) in [5.41, 5.74) is 5.36. The van der Waals surface area contributed by atoms with Crippen molar-refractivity contribution in [2.45, 2.75) is 206 Å². The fraction of sp³-hybridized carbons (Fsp3) is 0.833. The number of rotatable bonds is 39. The molecule has 300 valence electrons. The Balaban J connectivity index is 4.29. The van der Waals surface area contributed by atoms with E-state index in [1.54, 1.807) is 6.08 Å². The highest BCUT2D eigenvalue weighted by molar-refractivity contribution is 7.47. The van der Waals surface area contributed by atoms with Crippen LogP contribution in [0.4, 0.5) is 0 Å². The van der Waals surface area contributed by atoms with Gasteiger partial charge in [0.2, 0.25) is 5.91 Å². The van der Waals surface area contributed by atoms with Crippen LogP contribution in [0.2, 0.25) is 0 Å². The van der Waals surface area contributed by atoms with Crippen LogP contribution >= 0.6 is 7.82 Å². The first-order valence-electron chi connectivity index (χ1n) is 21.1. The Morgan fingerprint density at radius 2 is 1.04 bits per heavy atom. The van der Waals surface area contributed by atoms with E-state index >= 15 is 0 Å². The lowest BCUT2D eigenvalue weighted by Gasteiger charge is -2.23. The van der Waals surface area contributed by atoms with E-state index in [0.29, 0.717) is 6.42 Å². The predicted octanol–water partition coefficient (Wildman–Crippen LogP) is 11.6. The summed E-state index contributed by atoms with van der Waals surface area (Å²) in [6.45, 7) is 4.09. The van der Waals surface area contributed by atoms with Gasteiger partial charge in [-0.1, -0.05) is 166 Å². The average Bonchev–Trinajstić information content (AvgIpc) is 3.12. The van der Waals surface area contributed by atoms with Gasteiger partial charge in [0.05, 0.1) is 25.4 Å². The zero-order valence-electron chi connectivity index (χ0n) is 33.1. The van der Waals surface area contributed by atoms with Crippen molar-refractivity contribution in [2.75, 3.05) is 19.8 Å². The van der Waals surface area contributed by atoms with Gasteiger partial charge in [0.15, 0.2) is 0 Å². The first-order valence-corrected chi connectivity index (χ1v) is 22.6. The van der Waals surface area contributed by atoms with Crippen molar-refractivity contribution >= 4 is 13.7 Å². The van der Waals surface area contributed by atoms with Crippen molar-refractivity contribution in [1.29, 1.82) is 0 Å². The van der Waals surface area contributed by atoms with Gasteiger partial charge >= 0.3 is 7.82 Å². The number of allylic oxidation sites excluding steroid dienone is 5. The molecule has 0 rings (SSSR count). The van der Waals surface area contributed by atoms with Crippen molar-refractivity contribution in [3.63, 3.8) is 0 Å². The second-order valence-electron chi connectivity index (χ2n) is 14.2. The van der Waals surface area contributed by atoms with Crippen LogP contribution in [-0.4, -0.2) is 47.8 Å². The lowest BCUT2D eigenvalue weighted by atomic mass is 10.0. The van der Waals surface area contributed by atoms with E-state index in [0.717, 1.165) is 57.8 Å². The molecule has 0 aromatic carbocycles. The maximum atomic E-state index is 12.7. The maximum Gasteiger partial charge on any atom is 0.472 e. The van der Waals surface area contributed by atoms with Crippen LogP contribution in [0.15, 0.2) is 36.5 Å². The van der Waals surface area contributed by atoms with Crippen molar-refractivity contribution in [3.05, 3.63) is 36.5 Å². The van der Waals surface area contributed by atoms with Crippen molar-refractivity contribution < 1.29 is 28.4 Å². The van der Waals surface area contributed by atoms with Gasteiger partial charge in [-0.2, -0.15) is 0 Å². The van der Waals surface area contributed by atoms with Crippen LogP contribution in [0.1, 0.15) is 194 Å². The van der Waals surface area contributed by atoms with Crippen molar-refractivity contribution in [3.8, 4) is 0 Å². The molecule has 3 atom stereocenters. The predicted molar refractivity (Wildman–Crippen MR) is 217 cm³/mol. The third-order valence-corrected chi connectivity index (χ3v) is 10.2. The van der Waals surface area contributed by atoms with Gasteiger partial charge < -0.3 is 21.1 Å². The first-order chi connectivity index (χ1) is 24.9. The summed E-state index contributed by atoms with van der Waals surface area (Å²) < 4.78 is 22.1. The molecule has 0 heterocycles. The molecule has 0 aromatic heterocycles. The van der Waals surface area contributed by atoms with E-state index in [-0.39, 0.29) is 25.7 Å². The van der Waals surface area contributed by atoms with Crippen LogP contribution in [0.5, 0.6) is 0 Å². The Morgan fingerprint density at radius 3 is 1.53 bits per heavy atom. The Hall–Kier alpha value is -1.28. The second kappa shape index (κ2) is 38.4. The molecule has 8 nitrogen and oxygen atoms in total. The number of unbranched alkanes of at least 4 members (excludes halogenated alkanes) is 23. The van der Waals surface area contributed by atoms with Gasteiger partial charge in [-0.25, -0.2) is 4.57 Å². The molecule has 3 unspecified atom stereocenters. The summed E-state index contributed by atoms with van der Waals surface area (Å²) >= 11 is 0. The van der Waals surface area contributed by atoms with E-state index in [2.05, 4.69) is 43.5 Å². The molecule has 5 N–H and O–H groups in total. The highest BCUT2D eigenvalue weighted by Crippen LogP contribution is 2.43. The largest absolute Gasteiger partial charge is 0.472 e. The van der Waals surface area contributed by atoms with Crippen molar-refractivity contribution in [1.82, 2.24) is 5.32 Å². The molecule has 0 aliphatic rings. The summed E-state index contributed by atoms with van der Waals surface area (Å²) in [7, 11) is -4.34. The Labute approximate surface area is 314 Å². The van der Waals surface area contributed by atoms with Gasteiger partial charge in [0, 0.05) is 13.0 Å². The molecule has 0 aromatic rings. The zero-order valence-corrected chi connectivity index (χ0v) is 34.0. The van der Waals surface area contributed by atoms with Crippen LogP contribution in [0.25, 0.3) is 0 Å². The fourth-order valence-electron chi connectivity index (χ4n) is 5.97. The summed E-state index contributed by atoms with van der Waals surface area (Å²) in [5.74, 6) is -0.214. The van der Waals surface area contributed by atoms with Gasteiger partial charge in [0.25, 0.3) is 0 Å². The second-order valence-corrected chi connectivity index (χ2v) is 15.6. The van der Waals surface area contributed by atoms with Gasteiger partial charge in [-0.15, -0.1) is 0 Å². The minimum atomic E-state index is -4.34. The molecule has 0 radical (unpaired) electrons. The molecule has 0 bridgehead atoms. The van der Waals surface area contributed by atoms with Crippen molar-refractivity contribution in [2.24, 2.45) is 5.73 Å². The zero-order chi connectivity index (χ0) is 37.5. The van der Waals surface area contributed by atoms with E-state index in [9.17, 15) is 19.4 Å². The number of hydrogen-bond donors (Lipinski definition) is 4. The average molecular weight is 741 g/mol. The third-order valence-electron chi connectivity index (χ3n) is 9.19. The molecule has 0 saturated carbocycles. The topological polar surface area (TPSA) is 131 Å². The molecule has 0 fully saturated rings. The smallest absolute Gasteiger partial charge is 0.387 e. The molecule has 0 spiro atoms. The van der Waals surface area contributed by atoms with E-state index in [1.165, 1.54) is 116 Å².